The minimum absolute atomic E-state index is 0.0237. The number of nitrogens with zero attached hydrogens (tertiary/aromatic N) is 3. The number of methoxy groups -OCH3 is 1. The van der Waals surface area contributed by atoms with Crippen molar-refractivity contribution in [2.75, 3.05) is 20.2 Å². The van der Waals surface area contributed by atoms with E-state index in [9.17, 15) is 8.42 Å². The average Bonchev–Trinajstić information content (AvgIpc) is 3.19. The number of ether oxygens (including phenoxy) is 1. The van der Waals surface area contributed by atoms with Crippen molar-refractivity contribution in [3.63, 3.8) is 0 Å². The van der Waals surface area contributed by atoms with E-state index < -0.39 is 10.0 Å². The van der Waals surface area contributed by atoms with Crippen molar-refractivity contribution >= 4 is 10.0 Å². The third-order valence-electron chi connectivity index (χ3n) is 4.00. The van der Waals surface area contributed by atoms with E-state index >= 15 is 0 Å². The quantitative estimate of drug-likeness (QED) is 0.858. The number of sulfonamides is 1. The largest absolute Gasteiger partial charge is 0.380 e. The summed E-state index contributed by atoms with van der Waals surface area (Å²) in [6.07, 6.45) is 4.16. The number of aromatic nitrogens is 2. The first-order valence-electron chi connectivity index (χ1n) is 7.16. The number of hydrogen-bond acceptors (Lipinski definition) is 4. The summed E-state index contributed by atoms with van der Waals surface area (Å²) in [6, 6.07) is 7.16. The molecule has 1 aromatic heterocycles. The summed E-state index contributed by atoms with van der Waals surface area (Å²) in [7, 11) is -1.90. The Morgan fingerprint density at radius 1 is 1.36 bits per heavy atom. The first kappa shape index (κ1) is 15.2. The molecule has 0 spiro atoms. The zero-order chi connectivity index (χ0) is 15.7. The molecule has 0 saturated carbocycles. The minimum Gasteiger partial charge on any atom is -0.380 e. The van der Waals surface area contributed by atoms with Crippen molar-refractivity contribution < 1.29 is 13.2 Å². The highest BCUT2D eigenvalue weighted by molar-refractivity contribution is 7.89. The monoisotopic (exact) mass is 321 g/mol. The van der Waals surface area contributed by atoms with E-state index in [1.54, 1.807) is 36.3 Å². The SMILES string of the molecule is COC1CCN(S(=O)(=O)c2cc(-n3cccn3)ccc2C)C1. The van der Waals surface area contributed by atoms with Gasteiger partial charge in [-0.05, 0) is 37.1 Å². The van der Waals surface area contributed by atoms with Crippen LogP contribution in [0.25, 0.3) is 5.69 Å². The molecule has 1 unspecified atom stereocenters. The molecule has 1 saturated heterocycles. The van der Waals surface area contributed by atoms with Gasteiger partial charge in [0.2, 0.25) is 10.0 Å². The van der Waals surface area contributed by atoms with Crippen LogP contribution >= 0.6 is 0 Å². The van der Waals surface area contributed by atoms with Gasteiger partial charge in [0.1, 0.15) is 0 Å². The Bertz CT molecular complexity index is 756. The maximum Gasteiger partial charge on any atom is 0.243 e. The van der Waals surface area contributed by atoms with E-state index in [1.165, 1.54) is 4.31 Å². The fourth-order valence-electron chi connectivity index (χ4n) is 2.68. The van der Waals surface area contributed by atoms with Gasteiger partial charge in [0, 0.05) is 32.6 Å². The third-order valence-corrected chi connectivity index (χ3v) is 6.01. The normalized spacial score (nSPS) is 19.6. The summed E-state index contributed by atoms with van der Waals surface area (Å²) in [5.74, 6) is 0. The molecule has 1 atom stereocenters. The summed E-state index contributed by atoms with van der Waals surface area (Å²) in [5, 5.41) is 4.15. The third kappa shape index (κ3) is 2.67. The molecule has 22 heavy (non-hydrogen) atoms. The van der Waals surface area contributed by atoms with Crippen LogP contribution in [-0.4, -0.2) is 48.8 Å². The lowest BCUT2D eigenvalue weighted by Gasteiger charge is -2.18. The molecule has 2 aromatic rings. The summed E-state index contributed by atoms with van der Waals surface area (Å²) in [5.41, 5.74) is 1.47. The molecule has 6 nitrogen and oxygen atoms in total. The molecule has 1 aliphatic heterocycles. The van der Waals surface area contributed by atoms with Gasteiger partial charge in [-0.15, -0.1) is 0 Å². The lowest BCUT2D eigenvalue weighted by Crippen LogP contribution is -2.30. The summed E-state index contributed by atoms with van der Waals surface area (Å²) < 4.78 is 34.2. The highest BCUT2D eigenvalue weighted by Crippen LogP contribution is 2.26. The molecule has 0 radical (unpaired) electrons. The van der Waals surface area contributed by atoms with E-state index in [1.807, 2.05) is 19.1 Å². The number of aryl methyl sites for hydroxylation is 1. The minimum atomic E-state index is -3.51. The number of rotatable bonds is 4. The van der Waals surface area contributed by atoms with E-state index in [4.69, 9.17) is 4.74 Å². The maximum atomic E-state index is 12.9. The molecule has 0 N–H and O–H groups in total. The average molecular weight is 321 g/mol. The van der Waals surface area contributed by atoms with Gasteiger partial charge in [-0.3, -0.25) is 0 Å². The van der Waals surface area contributed by atoms with Gasteiger partial charge in [-0.2, -0.15) is 9.40 Å². The molecule has 3 rings (SSSR count). The van der Waals surface area contributed by atoms with Crippen molar-refractivity contribution in [3.05, 3.63) is 42.2 Å². The van der Waals surface area contributed by atoms with E-state index in [-0.39, 0.29) is 6.10 Å². The second-order valence-electron chi connectivity index (χ2n) is 5.41. The van der Waals surface area contributed by atoms with Crippen LogP contribution in [0.4, 0.5) is 0 Å². The predicted molar refractivity (Wildman–Crippen MR) is 82.5 cm³/mol. The molecule has 2 heterocycles. The van der Waals surface area contributed by atoms with Gasteiger partial charge >= 0.3 is 0 Å². The van der Waals surface area contributed by atoms with Gasteiger partial charge in [-0.1, -0.05) is 6.07 Å². The Morgan fingerprint density at radius 3 is 2.82 bits per heavy atom. The lowest BCUT2D eigenvalue weighted by atomic mass is 10.2. The number of hydrogen-bond donors (Lipinski definition) is 0. The molecular weight excluding hydrogens is 302 g/mol. The van der Waals surface area contributed by atoms with Crippen molar-refractivity contribution in [3.8, 4) is 5.69 Å². The first-order chi connectivity index (χ1) is 10.5. The van der Waals surface area contributed by atoms with Crippen LogP contribution in [0.1, 0.15) is 12.0 Å². The van der Waals surface area contributed by atoms with Crippen LogP contribution in [0.5, 0.6) is 0 Å². The summed E-state index contributed by atoms with van der Waals surface area (Å²) in [4.78, 5) is 0.331. The highest BCUT2D eigenvalue weighted by Gasteiger charge is 2.33. The van der Waals surface area contributed by atoms with Crippen LogP contribution in [0.3, 0.4) is 0 Å². The first-order valence-corrected chi connectivity index (χ1v) is 8.60. The predicted octanol–water partition coefficient (Wildman–Crippen LogP) is 1.59. The van der Waals surface area contributed by atoms with Crippen LogP contribution in [0, 0.1) is 6.92 Å². The highest BCUT2D eigenvalue weighted by atomic mass is 32.2. The molecule has 1 aliphatic rings. The zero-order valence-electron chi connectivity index (χ0n) is 12.6. The van der Waals surface area contributed by atoms with E-state index in [0.29, 0.717) is 18.0 Å². The van der Waals surface area contributed by atoms with Gasteiger partial charge in [0.15, 0.2) is 0 Å². The van der Waals surface area contributed by atoms with Gasteiger partial charge in [0.05, 0.1) is 16.7 Å². The summed E-state index contributed by atoms with van der Waals surface area (Å²) in [6.45, 7) is 2.71. The molecule has 1 aromatic carbocycles. The Morgan fingerprint density at radius 2 is 2.18 bits per heavy atom. The van der Waals surface area contributed by atoms with Crippen LogP contribution < -0.4 is 0 Å². The molecule has 7 heteroatoms. The topological polar surface area (TPSA) is 64.4 Å². The van der Waals surface area contributed by atoms with E-state index in [0.717, 1.165) is 17.7 Å². The van der Waals surface area contributed by atoms with Crippen molar-refractivity contribution in [2.45, 2.75) is 24.3 Å². The lowest BCUT2D eigenvalue weighted by molar-refractivity contribution is 0.115. The standard InChI is InChI=1S/C15H19N3O3S/c1-12-4-5-13(18-8-3-7-16-18)10-15(12)22(19,20)17-9-6-14(11-17)21-2/h3-5,7-8,10,14H,6,9,11H2,1-2H3. The Kier molecular flexibility index (Phi) is 4.03. The van der Waals surface area contributed by atoms with Crippen molar-refractivity contribution in [2.24, 2.45) is 0 Å². The molecule has 0 amide bonds. The number of benzene rings is 1. The zero-order valence-corrected chi connectivity index (χ0v) is 13.5. The maximum absolute atomic E-state index is 12.9. The summed E-state index contributed by atoms with van der Waals surface area (Å²) >= 11 is 0. The van der Waals surface area contributed by atoms with Crippen LogP contribution in [-0.2, 0) is 14.8 Å². The van der Waals surface area contributed by atoms with Crippen LogP contribution in [0.2, 0.25) is 0 Å². The second kappa shape index (κ2) is 5.83. The molecular formula is C15H19N3O3S. The van der Waals surface area contributed by atoms with Crippen molar-refractivity contribution in [1.82, 2.24) is 14.1 Å². The Balaban J connectivity index is 1.98. The molecule has 0 aliphatic carbocycles. The molecule has 1 fully saturated rings. The van der Waals surface area contributed by atoms with Gasteiger partial charge in [-0.25, -0.2) is 13.1 Å². The smallest absolute Gasteiger partial charge is 0.243 e. The molecule has 0 bridgehead atoms. The Hall–Kier alpha value is -1.70. The fraction of sp³-hybridized carbons (Fsp3) is 0.400. The Labute approximate surface area is 130 Å². The van der Waals surface area contributed by atoms with Crippen molar-refractivity contribution in [1.29, 1.82) is 0 Å². The second-order valence-corrected chi connectivity index (χ2v) is 7.32. The van der Waals surface area contributed by atoms with Gasteiger partial charge in [0.25, 0.3) is 0 Å². The van der Waals surface area contributed by atoms with Gasteiger partial charge < -0.3 is 4.74 Å². The van der Waals surface area contributed by atoms with E-state index in [2.05, 4.69) is 5.10 Å². The fourth-order valence-corrected chi connectivity index (χ4v) is 4.41. The van der Waals surface area contributed by atoms with Crippen LogP contribution in [0.15, 0.2) is 41.6 Å². The molecule has 118 valence electrons.